The molecule has 1 aromatic carbocycles. The van der Waals surface area contributed by atoms with Crippen molar-refractivity contribution in [1.29, 1.82) is 5.41 Å². The number of nitrogens with one attached hydrogen (secondary N) is 3. The molecular formula is C29H34Cl2FN7O4. The fraction of sp³-hybridized carbons (Fsp3) is 0.345. The van der Waals surface area contributed by atoms with Gasteiger partial charge in [0.2, 0.25) is 11.8 Å². The van der Waals surface area contributed by atoms with Gasteiger partial charge in [0.15, 0.2) is 0 Å². The molecule has 3 N–H and O–H groups in total. The lowest BCUT2D eigenvalue weighted by Gasteiger charge is -2.29. The summed E-state index contributed by atoms with van der Waals surface area (Å²) in [6, 6.07) is 4.31. The highest BCUT2D eigenvalue weighted by Gasteiger charge is 2.32. The third kappa shape index (κ3) is 7.82. The van der Waals surface area contributed by atoms with Gasteiger partial charge in [0, 0.05) is 38.6 Å². The van der Waals surface area contributed by atoms with Crippen LogP contribution in [0.2, 0.25) is 10.0 Å². The average Bonchev–Trinajstić information content (AvgIpc) is 2.95. The molecular weight excluding hydrogens is 600 g/mol. The molecule has 0 aliphatic rings. The zero-order valence-electron chi connectivity index (χ0n) is 24.9. The summed E-state index contributed by atoms with van der Waals surface area (Å²) in [5.74, 6) is -1.44. The summed E-state index contributed by atoms with van der Waals surface area (Å²) in [6.45, 7) is 5.29. The molecule has 0 spiro atoms. The van der Waals surface area contributed by atoms with Crippen molar-refractivity contribution in [3.63, 3.8) is 0 Å². The van der Waals surface area contributed by atoms with E-state index in [4.69, 9.17) is 38.1 Å². The third-order valence-corrected chi connectivity index (χ3v) is 6.75. The van der Waals surface area contributed by atoms with E-state index in [1.165, 1.54) is 55.4 Å². The Hall–Kier alpha value is -4.16. The Bertz CT molecular complexity index is 1610. The summed E-state index contributed by atoms with van der Waals surface area (Å²) < 4.78 is 26.9. The monoisotopic (exact) mass is 633 g/mol. The Morgan fingerprint density at radius 2 is 1.91 bits per heavy atom. The van der Waals surface area contributed by atoms with Gasteiger partial charge >= 0.3 is 5.97 Å². The van der Waals surface area contributed by atoms with Crippen LogP contribution >= 0.6 is 23.2 Å². The number of aryl methyl sites for hydroxylation is 1. The molecule has 1 atom stereocenters. The number of nitrogens with zero attached hydrogens (tertiary/aromatic N) is 4. The van der Waals surface area contributed by atoms with Crippen LogP contribution in [0.1, 0.15) is 32.4 Å². The first-order valence-electron chi connectivity index (χ1n) is 13.2. The molecule has 0 saturated heterocycles. The van der Waals surface area contributed by atoms with Gasteiger partial charge in [0.1, 0.15) is 22.9 Å². The zero-order chi connectivity index (χ0) is 32.0. The highest BCUT2D eigenvalue weighted by molar-refractivity contribution is 6.42. The molecule has 0 aliphatic carbocycles. The molecule has 0 aliphatic heterocycles. The summed E-state index contributed by atoms with van der Waals surface area (Å²) >= 11 is 12.3. The number of carbonyl (C=O) groups excluding carboxylic acids is 1. The highest BCUT2D eigenvalue weighted by atomic mass is 35.5. The number of esters is 1. The van der Waals surface area contributed by atoms with Crippen LogP contribution in [0, 0.1) is 17.1 Å². The number of anilines is 3. The predicted octanol–water partition coefficient (Wildman–Crippen LogP) is 5.45. The second kappa shape index (κ2) is 14.3. The van der Waals surface area contributed by atoms with Crippen molar-refractivity contribution in [2.45, 2.75) is 26.8 Å². The van der Waals surface area contributed by atoms with Gasteiger partial charge < -0.3 is 29.6 Å². The van der Waals surface area contributed by atoms with Crippen LogP contribution in [-0.2, 0) is 16.6 Å². The maximum absolute atomic E-state index is 14.9. The maximum atomic E-state index is 14.9. The van der Waals surface area contributed by atoms with Gasteiger partial charge in [0.25, 0.3) is 5.56 Å². The average molecular weight is 635 g/mol. The van der Waals surface area contributed by atoms with Gasteiger partial charge in [-0.15, -0.1) is 0 Å². The summed E-state index contributed by atoms with van der Waals surface area (Å²) in [4.78, 5) is 36.7. The lowest BCUT2D eigenvalue weighted by Crippen LogP contribution is -2.32. The smallest absolute Gasteiger partial charge is 0.356 e. The van der Waals surface area contributed by atoms with Crippen LogP contribution in [0.15, 0.2) is 52.7 Å². The minimum absolute atomic E-state index is 0.00903. The molecule has 0 amide bonds. The van der Waals surface area contributed by atoms with Crippen LogP contribution in [0.4, 0.5) is 21.7 Å². The van der Waals surface area contributed by atoms with Crippen molar-refractivity contribution < 1.29 is 18.7 Å². The minimum atomic E-state index is -1.15. The lowest BCUT2D eigenvalue weighted by molar-refractivity contribution is -0.135. The Balaban J connectivity index is 2.38. The van der Waals surface area contributed by atoms with Gasteiger partial charge in [-0.05, 0) is 36.6 Å². The number of pyridine rings is 1. The number of hydrogen-bond donors (Lipinski definition) is 3. The summed E-state index contributed by atoms with van der Waals surface area (Å²) in [7, 11) is 6.53. The van der Waals surface area contributed by atoms with Gasteiger partial charge in [-0.3, -0.25) is 10.2 Å². The standard InChI is InChI=1S/C29H34Cl2FN7O4/c1-8-43-28(41)23(33)22(24(15(2)3)36-21-13-34-29(38(4)5)37-26(21)42-7)25(16-9-10-18(31)19(32)11-16)35-20-12-17(30)14-39(6)27(20)40/h9-15,25,33,35-36H,8H2,1-7H3/b24-22+,33-23?. The highest BCUT2D eigenvalue weighted by Crippen LogP contribution is 2.35. The first-order chi connectivity index (χ1) is 20.3. The molecule has 0 bridgehead atoms. The topological polar surface area (TPSA) is 134 Å². The number of methoxy groups -OCH3 is 1. The van der Waals surface area contributed by atoms with Gasteiger partial charge in [0.05, 0.1) is 36.0 Å². The van der Waals surface area contributed by atoms with Gasteiger partial charge in [-0.1, -0.05) is 43.1 Å². The number of aromatic nitrogens is 3. The number of ether oxygens (including phenoxy) is 2. The molecule has 1 unspecified atom stereocenters. The van der Waals surface area contributed by atoms with E-state index in [1.807, 2.05) is 13.8 Å². The fourth-order valence-electron chi connectivity index (χ4n) is 4.17. The molecule has 3 aromatic rings. The molecule has 0 radical (unpaired) electrons. The van der Waals surface area contributed by atoms with Crippen molar-refractivity contribution >= 4 is 52.2 Å². The van der Waals surface area contributed by atoms with Gasteiger partial charge in [-0.25, -0.2) is 14.2 Å². The van der Waals surface area contributed by atoms with Gasteiger partial charge in [-0.2, -0.15) is 4.98 Å². The van der Waals surface area contributed by atoms with E-state index in [0.717, 1.165) is 0 Å². The summed E-state index contributed by atoms with van der Waals surface area (Å²) in [5, 5.41) is 15.5. The molecule has 43 heavy (non-hydrogen) atoms. The normalized spacial score (nSPS) is 12.3. The minimum Gasteiger partial charge on any atom is -0.479 e. The van der Waals surface area contributed by atoms with E-state index >= 15 is 0 Å². The molecule has 0 fully saturated rings. The van der Waals surface area contributed by atoms with Crippen molar-refractivity contribution in [2.75, 3.05) is 43.3 Å². The van der Waals surface area contributed by atoms with Crippen LogP contribution in [0.25, 0.3) is 0 Å². The largest absolute Gasteiger partial charge is 0.479 e. The Morgan fingerprint density at radius 3 is 2.49 bits per heavy atom. The Kier molecular flexibility index (Phi) is 11.1. The second-order valence-electron chi connectivity index (χ2n) is 9.93. The molecule has 2 heterocycles. The summed E-state index contributed by atoms with van der Waals surface area (Å²) in [6.07, 6.45) is 2.94. The maximum Gasteiger partial charge on any atom is 0.356 e. The van der Waals surface area contributed by atoms with Crippen molar-refractivity contribution in [3.05, 3.63) is 79.7 Å². The van der Waals surface area contributed by atoms with E-state index in [-0.39, 0.29) is 45.3 Å². The second-order valence-corrected chi connectivity index (χ2v) is 10.8. The van der Waals surface area contributed by atoms with E-state index < -0.39 is 29.1 Å². The first-order valence-corrected chi connectivity index (χ1v) is 14.0. The number of halogens is 3. The Labute approximate surface area is 259 Å². The number of allylic oxidation sites excluding steroid dienone is 1. The molecule has 2 aromatic heterocycles. The molecule has 3 rings (SSSR count). The van der Waals surface area contributed by atoms with Crippen LogP contribution in [-0.4, -0.2) is 54.0 Å². The van der Waals surface area contributed by atoms with E-state index in [0.29, 0.717) is 17.3 Å². The Morgan fingerprint density at radius 1 is 1.21 bits per heavy atom. The number of hydrogen-bond acceptors (Lipinski definition) is 10. The fourth-order valence-corrected chi connectivity index (χ4v) is 4.55. The van der Waals surface area contributed by atoms with Crippen molar-refractivity contribution in [2.24, 2.45) is 13.0 Å². The number of carbonyl (C=O) groups is 1. The van der Waals surface area contributed by atoms with E-state index in [1.54, 1.807) is 25.9 Å². The lowest BCUT2D eigenvalue weighted by atomic mass is 9.89. The quantitative estimate of drug-likeness (QED) is 0.176. The van der Waals surface area contributed by atoms with Crippen LogP contribution in [0.3, 0.4) is 0 Å². The van der Waals surface area contributed by atoms with E-state index in [2.05, 4.69) is 20.6 Å². The SMILES string of the molecule is CCOC(=O)C(=N)/C(=C(\Nc1cnc(N(C)C)nc1OC)C(C)C)C(Nc1cc(Cl)cn(C)c1=O)c1ccc(Cl)c(F)c1. The number of benzene rings is 1. The van der Waals surface area contributed by atoms with Crippen molar-refractivity contribution in [3.8, 4) is 5.88 Å². The molecule has 230 valence electrons. The first kappa shape index (κ1) is 33.3. The van der Waals surface area contributed by atoms with Crippen molar-refractivity contribution in [1.82, 2.24) is 14.5 Å². The third-order valence-electron chi connectivity index (χ3n) is 6.24. The zero-order valence-corrected chi connectivity index (χ0v) is 26.4. The molecule has 0 saturated carbocycles. The number of rotatable bonds is 12. The molecule has 14 heteroatoms. The van der Waals surface area contributed by atoms with Crippen LogP contribution < -0.4 is 25.8 Å². The molecule has 11 nitrogen and oxygen atoms in total. The predicted molar refractivity (Wildman–Crippen MR) is 167 cm³/mol. The summed E-state index contributed by atoms with van der Waals surface area (Å²) in [5.41, 5.74) is 0.0858. The van der Waals surface area contributed by atoms with E-state index in [9.17, 15) is 14.0 Å². The van der Waals surface area contributed by atoms with Crippen LogP contribution in [0.5, 0.6) is 5.88 Å².